The fourth-order valence-corrected chi connectivity index (χ4v) is 3.06. The van der Waals surface area contributed by atoms with Crippen molar-refractivity contribution in [2.75, 3.05) is 32.0 Å². The average Bonchev–Trinajstić information content (AvgIpc) is 3.36. The van der Waals surface area contributed by atoms with Gasteiger partial charge in [-0.05, 0) is 43.8 Å². The van der Waals surface area contributed by atoms with Gasteiger partial charge in [-0.3, -0.25) is 9.69 Å². The Kier molecular flexibility index (Phi) is 6.13. The van der Waals surface area contributed by atoms with Crippen molar-refractivity contribution in [1.82, 2.24) is 20.4 Å². The lowest BCUT2D eigenvalue weighted by atomic mass is 10.1. The maximum Gasteiger partial charge on any atom is 0.291 e. The van der Waals surface area contributed by atoms with Crippen molar-refractivity contribution in [2.45, 2.75) is 13.0 Å². The normalized spacial score (nSPS) is 17.1. The fraction of sp³-hybridized carbons (Fsp3) is 0.316. The first-order valence-electron chi connectivity index (χ1n) is 8.82. The van der Waals surface area contributed by atoms with Crippen LogP contribution in [0.5, 0.6) is 0 Å². The minimum atomic E-state index is -0.304. The molecule has 4 rings (SSSR count). The summed E-state index contributed by atoms with van der Waals surface area (Å²) in [6.07, 6.45) is 1.47. The molecule has 1 aliphatic rings. The SMILES string of the molecule is Cc1ccc(-c2nc(C3CNCCN3C)no2)cc1NC(=O)c1ccco1.Cl. The molecule has 0 saturated carbocycles. The van der Waals surface area contributed by atoms with E-state index >= 15 is 0 Å². The van der Waals surface area contributed by atoms with Crippen molar-refractivity contribution < 1.29 is 13.7 Å². The van der Waals surface area contributed by atoms with Crippen molar-refractivity contribution in [1.29, 1.82) is 0 Å². The Morgan fingerprint density at radius 3 is 2.96 bits per heavy atom. The van der Waals surface area contributed by atoms with E-state index in [4.69, 9.17) is 8.94 Å². The number of aromatic nitrogens is 2. The van der Waals surface area contributed by atoms with Crippen LogP contribution < -0.4 is 10.6 Å². The number of benzene rings is 1. The standard InChI is InChI=1S/C19H21N5O3.ClH/c1-12-5-6-13(10-14(12)21-18(25)16-4-3-9-26-16)19-22-17(23-27-19)15-11-20-7-8-24(15)2;/h3-6,9-10,15,20H,7-8,11H2,1-2H3,(H,21,25);1H. The average molecular weight is 404 g/mol. The van der Waals surface area contributed by atoms with E-state index in [2.05, 4.69) is 32.7 Å². The lowest BCUT2D eigenvalue weighted by Gasteiger charge is -2.30. The molecule has 3 heterocycles. The van der Waals surface area contributed by atoms with Crippen LogP contribution in [-0.2, 0) is 0 Å². The molecule has 1 unspecified atom stereocenters. The number of piperazine rings is 1. The zero-order chi connectivity index (χ0) is 18.8. The number of nitrogens with one attached hydrogen (secondary N) is 2. The van der Waals surface area contributed by atoms with Crippen LogP contribution in [0, 0.1) is 6.92 Å². The zero-order valence-corrected chi connectivity index (χ0v) is 16.5. The summed E-state index contributed by atoms with van der Waals surface area (Å²) in [4.78, 5) is 19.0. The second-order valence-electron chi connectivity index (χ2n) is 6.62. The first-order valence-corrected chi connectivity index (χ1v) is 8.82. The molecule has 3 aromatic rings. The summed E-state index contributed by atoms with van der Waals surface area (Å²) in [5.41, 5.74) is 2.35. The minimum absolute atomic E-state index is 0. The highest BCUT2D eigenvalue weighted by atomic mass is 35.5. The number of anilines is 1. The summed E-state index contributed by atoms with van der Waals surface area (Å²) in [6, 6.07) is 9.02. The third-order valence-corrected chi connectivity index (χ3v) is 4.73. The van der Waals surface area contributed by atoms with Gasteiger partial charge in [-0.2, -0.15) is 4.98 Å². The number of carbonyl (C=O) groups is 1. The van der Waals surface area contributed by atoms with Gasteiger partial charge in [-0.15, -0.1) is 12.4 Å². The summed E-state index contributed by atoms with van der Waals surface area (Å²) in [6.45, 7) is 4.59. The molecular weight excluding hydrogens is 382 g/mol. The molecule has 1 aliphatic heterocycles. The Balaban J connectivity index is 0.00000225. The van der Waals surface area contributed by atoms with Crippen LogP contribution >= 0.6 is 12.4 Å². The molecule has 0 bridgehead atoms. The molecule has 8 nitrogen and oxygen atoms in total. The zero-order valence-electron chi connectivity index (χ0n) is 15.6. The van der Waals surface area contributed by atoms with Crippen LogP contribution in [0.3, 0.4) is 0 Å². The van der Waals surface area contributed by atoms with Crippen LogP contribution in [0.2, 0.25) is 0 Å². The van der Waals surface area contributed by atoms with E-state index in [9.17, 15) is 4.79 Å². The van der Waals surface area contributed by atoms with E-state index in [1.807, 2.05) is 25.1 Å². The van der Waals surface area contributed by atoms with E-state index in [1.165, 1.54) is 6.26 Å². The third kappa shape index (κ3) is 4.09. The summed E-state index contributed by atoms with van der Waals surface area (Å²) in [5.74, 6) is 1.04. The second-order valence-corrected chi connectivity index (χ2v) is 6.62. The highest BCUT2D eigenvalue weighted by Crippen LogP contribution is 2.27. The maximum atomic E-state index is 12.3. The molecule has 2 aromatic heterocycles. The Morgan fingerprint density at radius 2 is 2.21 bits per heavy atom. The molecule has 1 aromatic carbocycles. The van der Waals surface area contributed by atoms with Gasteiger partial charge in [0.2, 0.25) is 0 Å². The molecule has 2 N–H and O–H groups in total. The molecule has 148 valence electrons. The predicted octanol–water partition coefficient (Wildman–Crippen LogP) is 2.89. The lowest BCUT2D eigenvalue weighted by molar-refractivity contribution is 0.0996. The summed E-state index contributed by atoms with van der Waals surface area (Å²) < 4.78 is 10.6. The van der Waals surface area contributed by atoms with E-state index in [0.29, 0.717) is 17.4 Å². The number of halogens is 1. The number of rotatable bonds is 4. The van der Waals surface area contributed by atoms with E-state index < -0.39 is 0 Å². The highest BCUT2D eigenvalue weighted by molar-refractivity contribution is 6.02. The minimum Gasteiger partial charge on any atom is -0.459 e. The summed E-state index contributed by atoms with van der Waals surface area (Å²) >= 11 is 0. The second kappa shape index (κ2) is 8.55. The van der Waals surface area contributed by atoms with Gasteiger partial charge in [-0.25, -0.2) is 0 Å². The predicted molar refractivity (Wildman–Crippen MR) is 107 cm³/mol. The van der Waals surface area contributed by atoms with Gasteiger partial charge in [0.25, 0.3) is 11.8 Å². The first-order chi connectivity index (χ1) is 13.1. The van der Waals surface area contributed by atoms with Crippen LogP contribution in [-0.4, -0.2) is 47.6 Å². The third-order valence-electron chi connectivity index (χ3n) is 4.73. The molecule has 0 spiro atoms. The molecule has 1 atom stereocenters. The Morgan fingerprint density at radius 1 is 1.36 bits per heavy atom. The van der Waals surface area contributed by atoms with Crippen molar-refractivity contribution in [3.05, 3.63) is 53.7 Å². The Bertz CT molecular complexity index is 941. The highest BCUT2D eigenvalue weighted by Gasteiger charge is 2.25. The number of amides is 1. The molecular formula is C19H22ClN5O3. The van der Waals surface area contributed by atoms with Gasteiger partial charge in [0.05, 0.1) is 12.3 Å². The molecule has 0 radical (unpaired) electrons. The Hall–Kier alpha value is -2.68. The van der Waals surface area contributed by atoms with Gasteiger partial charge in [-0.1, -0.05) is 11.2 Å². The first kappa shape index (κ1) is 20.1. The van der Waals surface area contributed by atoms with Crippen LogP contribution in [0.25, 0.3) is 11.5 Å². The number of hydrogen-bond acceptors (Lipinski definition) is 7. The van der Waals surface area contributed by atoms with Gasteiger partial charge < -0.3 is 19.6 Å². The van der Waals surface area contributed by atoms with E-state index in [1.54, 1.807) is 12.1 Å². The van der Waals surface area contributed by atoms with E-state index in [0.717, 1.165) is 30.8 Å². The number of carbonyl (C=O) groups excluding carboxylic acids is 1. The molecule has 0 aliphatic carbocycles. The Labute approximate surface area is 168 Å². The van der Waals surface area contributed by atoms with Gasteiger partial charge in [0.15, 0.2) is 11.6 Å². The van der Waals surface area contributed by atoms with Crippen molar-refractivity contribution in [3.8, 4) is 11.5 Å². The molecule has 1 saturated heterocycles. The largest absolute Gasteiger partial charge is 0.459 e. The number of likely N-dealkylation sites (N-methyl/N-ethyl adjacent to an activating group) is 1. The fourth-order valence-electron chi connectivity index (χ4n) is 3.06. The number of nitrogens with zero attached hydrogens (tertiary/aromatic N) is 3. The number of hydrogen-bond donors (Lipinski definition) is 2. The molecule has 9 heteroatoms. The van der Waals surface area contributed by atoms with E-state index in [-0.39, 0.29) is 30.1 Å². The van der Waals surface area contributed by atoms with Gasteiger partial charge >= 0.3 is 0 Å². The topological polar surface area (TPSA) is 96.4 Å². The van der Waals surface area contributed by atoms with Crippen LogP contribution in [0.4, 0.5) is 5.69 Å². The maximum absolute atomic E-state index is 12.3. The summed E-state index contributed by atoms with van der Waals surface area (Å²) in [7, 11) is 2.05. The molecule has 1 amide bonds. The smallest absolute Gasteiger partial charge is 0.291 e. The summed E-state index contributed by atoms with van der Waals surface area (Å²) in [5, 5.41) is 10.4. The monoisotopic (exact) mass is 403 g/mol. The quantitative estimate of drug-likeness (QED) is 0.691. The number of furan rings is 1. The van der Waals surface area contributed by atoms with Crippen molar-refractivity contribution in [3.63, 3.8) is 0 Å². The van der Waals surface area contributed by atoms with Crippen molar-refractivity contribution >= 4 is 24.0 Å². The molecule has 28 heavy (non-hydrogen) atoms. The number of aryl methyl sites for hydroxylation is 1. The van der Waals surface area contributed by atoms with Crippen LogP contribution in [0.15, 0.2) is 45.5 Å². The van der Waals surface area contributed by atoms with Crippen LogP contribution in [0.1, 0.15) is 28.0 Å². The van der Waals surface area contributed by atoms with Gasteiger partial charge in [0.1, 0.15) is 0 Å². The lowest BCUT2D eigenvalue weighted by Crippen LogP contribution is -2.44. The van der Waals surface area contributed by atoms with Gasteiger partial charge in [0, 0.05) is 30.9 Å². The molecule has 1 fully saturated rings. The van der Waals surface area contributed by atoms with Crippen molar-refractivity contribution in [2.24, 2.45) is 0 Å².